The van der Waals surface area contributed by atoms with Crippen LogP contribution in [0.4, 0.5) is 14.9 Å². The topological polar surface area (TPSA) is 32.3 Å². The lowest BCUT2D eigenvalue weighted by Crippen LogP contribution is -2.50. The van der Waals surface area contributed by atoms with Crippen molar-refractivity contribution < 1.29 is 9.18 Å². The molecule has 0 bridgehead atoms. The van der Waals surface area contributed by atoms with Crippen LogP contribution in [-0.4, -0.2) is 23.0 Å². The van der Waals surface area contributed by atoms with Crippen molar-refractivity contribution in [1.82, 2.24) is 4.90 Å². The highest BCUT2D eigenvalue weighted by Gasteiger charge is 2.32. The predicted molar refractivity (Wildman–Crippen MR) is 91.0 cm³/mol. The molecule has 2 aliphatic rings. The molecule has 4 heteroatoms. The summed E-state index contributed by atoms with van der Waals surface area (Å²) in [5.41, 5.74) is 0.286. The van der Waals surface area contributed by atoms with Gasteiger partial charge in [0.25, 0.3) is 0 Å². The normalized spacial score (nSPS) is 20.2. The van der Waals surface area contributed by atoms with Crippen LogP contribution in [0.1, 0.15) is 64.2 Å². The van der Waals surface area contributed by atoms with Crippen molar-refractivity contribution in [3.05, 3.63) is 30.1 Å². The fourth-order valence-corrected chi connectivity index (χ4v) is 4.09. The van der Waals surface area contributed by atoms with Gasteiger partial charge in [0.1, 0.15) is 5.82 Å². The molecule has 2 amide bonds. The third-order valence-electron chi connectivity index (χ3n) is 5.29. The number of benzene rings is 1. The number of nitrogens with one attached hydrogen (secondary N) is 1. The second-order valence-corrected chi connectivity index (χ2v) is 6.90. The summed E-state index contributed by atoms with van der Waals surface area (Å²) >= 11 is 0. The number of para-hydroxylation sites is 1. The van der Waals surface area contributed by atoms with E-state index in [1.165, 1.54) is 44.6 Å². The van der Waals surface area contributed by atoms with E-state index in [-0.39, 0.29) is 17.5 Å². The largest absolute Gasteiger partial charge is 0.322 e. The van der Waals surface area contributed by atoms with Crippen molar-refractivity contribution >= 4 is 11.7 Å². The third-order valence-corrected chi connectivity index (χ3v) is 5.29. The fraction of sp³-hybridized carbons (Fsp3) is 0.632. The highest BCUT2D eigenvalue weighted by Crippen LogP contribution is 2.31. The Kier molecular flexibility index (Phi) is 5.52. The lowest BCUT2D eigenvalue weighted by Gasteiger charge is -2.41. The summed E-state index contributed by atoms with van der Waals surface area (Å²) in [5.74, 6) is -0.368. The summed E-state index contributed by atoms with van der Waals surface area (Å²) in [5, 5.41) is 2.82. The minimum Gasteiger partial charge on any atom is -0.319 e. The van der Waals surface area contributed by atoms with Gasteiger partial charge in [0.2, 0.25) is 0 Å². The van der Waals surface area contributed by atoms with Gasteiger partial charge in [0, 0.05) is 12.1 Å². The number of hydrogen-bond donors (Lipinski definition) is 1. The SMILES string of the molecule is O=C(Nc1ccccc1F)N(C1CCCCC1)C1CCCCC1. The van der Waals surface area contributed by atoms with Gasteiger partial charge in [-0.25, -0.2) is 9.18 Å². The second-order valence-electron chi connectivity index (χ2n) is 6.90. The Hall–Kier alpha value is -1.58. The Bertz CT molecular complexity index is 504. The van der Waals surface area contributed by atoms with E-state index < -0.39 is 0 Å². The first-order valence-corrected chi connectivity index (χ1v) is 9.09. The molecule has 0 aromatic heterocycles. The van der Waals surface area contributed by atoms with Crippen LogP contribution in [0.5, 0.6) is 0 Å². The lowest BCUT2D eigenvalue weighted by molar-refractivity contribution is 0.114. The van der Waals surface area contributed by atoms with Crippen LogP contribution in [0.2, 0.25) is 0 Å². The molecule has 3 nitrogen and oxygen atoms in total. The highest BCUT2D eigenvalue weighted by molar-refractivity contribution is 5.90. The Morgan fingerprint density at radius 3 is 1.96 bits per heavy atom. The zero-order valence-corrected chi connectivity index (χ0v) is 13.8. The van der Waals surface area contributed by atoms with Crippen LogP contribution in [0.25, 0.3) is 0 Å². The molecule has 2 fully saturated rings. The van der Waals surface area contributed by atoms with Crippen LogP contribution < -0.4 is 5.32 Å². The predicted octanol–water partition coefficient (Wildman–Crippen LogP) is 5.33. The van der Waals surface area contributed by atoms with Gasteiger partial charge in [-0.1, -0.05) is 50.7 Å². The molecule has 1 N–H and O–H groups in total. The molecule has 2 saturated carbocycles. The summed E-state index contributed by atoms with van der Waals surface area (Å²) in [4.78, 5) is 15.0. The molecular weight excluding hydrogens is 291 g/mol. The Balaban J connectivity index is 1.75. The molecule has 0 aliphatic heterocycles. The standard InChI is InChI=1S/C19H27FN2O/c20-17-13-7-8-14-18(17)21-19(23)22(15-9-3-1-4-10-15)16-11-5-2-6-12-16/h7-8,13-16H,1-6,9-12H2,(H,21,23). The van der Waals surface area contributed by atoms with Crippen molar-refractivity contribution in [2.45, 2.75) is 76.3 Å². The van der Waals surface area contributed by atoms with Gasteiger partial charge < -0.3 is 10.2 Å². The lowest BCUT2D eigenvalue weighted by atomic mass is 9.89. The fourth-order valence-electron chi connectivity index (χ4n) is 4.09. The molecule has 0 spiro atoms. The number of nitrogens with zero attached hydrogens (tertiary/aromatic N) is 1. The van der Waals surface area contributed by atoms with Crippen LogP contribution in [0, 0.1) is 5.82 Å². The van der Waals surface area contributed by atoms with Crippen molar-refractivity contribution in [2.24, 2.45) is 0 Å². The second kappa shape index (κ2) is 7.80. The number of hydrogen-bond acceptors (Lipinski definition) is 1. The van der Waals surface area contributed by atoms with Crippen molar-refractivity contribution in [3.8, 4) is 0 Å². The maximum Gasteiger partial charge on any atom is 0.322 e. The maximum atomic E-state index is 13.9. The maximum absolute atomic E-state index is 13.9. The van der Waals surface area contributed by atoms with E-state index in [0.29, 0.717) is 12.1 Å². The Morgan fingerprint density at radius 2 is 1.43 bits per heavy atom. The zero-order chi connectivity index (χ0) is 16.1. The third kappa shape index (κ3) is 4.04. The summed E-state index contributed by atoms with van der Waals surface area (Å²) in [6.07, 6.45) is 11.7. The van der Waals surface area contributed by atoms with E-state index in [9.17, 15) is 9.18 Å². The van der Waals surface area contributed by atoms with Gasteiger partial charge in [-0.3, -0.25) is 0 Å². The van der Waals surface area contributed by atoms with Crippen molar-refractivity contribution in [2.75, 3.05) is 5.32 Å². The first-order chi connectivity index (χ1) is 11.3. The van der Waals surface area contributed by atoms with E-state index in [1.807, 2.05) is 0 Å². The summed E-state index contributed by atoms with van der Waals surface area (Å²) in [6.45, 7) is 0. The molecule has 0 radical (unpaired) electrons. The van der Waals surface area contributed by atoms with Gasteiger partial charge in [0.15, 0.2) is 0 Å². The van der Waals surface area contributed by atoms with Crippen LogP contribution in [0.3, 0.4) is 0 Å². The summed E-state index contributed by atoms with van der Waals surface area (Å²) < 4.78 is 13.9. The molecule has 0 heterocycles. The van der Waals surface area contributed by atoms with Crippen molar-refractivity contribution in [1.29, 1.82) is 0 Å². The molecule has 126 valence electrons. The highest BCUT2D eigenvalue weighted by atomic mass is 19.1. The first-order valence-electron chi connectivity index (χ1n) is 9.09. The minimum absolute atomic E-state index is 0.117. The number of rotatable bonds is 3. The first kappa shape index (κ1) is 16.3. The molecule has 0 saturated heterocycles. The summed E-state index contributed by atoms with van der Waals surface area (Å²) in [6, 6.07) is 6.94. The minimum atomic E-state index is -0.368. The monoisotopic (exact) mass is 318 g/mol. The molecular formula is C19H27FN2O. The number of halogens is 1. The van der Waals surface area contributed by atoms with E-state index in [1.54, 1.807) is 18.2 Å². The molecule has 2 aliphatic carbocycles. The van der Waals surface area contributed by atoms with Gasteiger partial charge in [-0.05, 0) is 37.8 Å². The number of urea groups is 1. The molecule has 0 unspecified atom stereocenters. The number of carbonyl (C=O) groups is 1. The molecule has 1 aromatic rings. The Morgan fingerprint density at radius 1 is 0.913 bits per heavy atom. The zero-order valence-electron chi connectivity index (χ0n) is 13.8. The van der Waals surface area contributed by atoms with E-state index in [2.05, 4.69) is 10.2 Å². The molecule has 0 atom stereocenters. The quantitative estimate of drug-likeness (QED) is 0.803. The molecule has 23 heavy (non-hydrogen) atoms. The van der Waals surface area contributed by atoms with Crippen molar-refractivity contribution in [3.63, 3.8) is 0 Å². The van der Waals surface area contributed by atoms with Crippen LogP contribution >= 0.6 is 0 Å². The van der Waals surface area contributed by atoms with E-state index >= 15 is 0 Å². The van der Waals surface area contributed by atoms with E-state index in [4.69, 9.17) is 0 Å². The van der Waals surface area contributed by atoms with Gasteiger partial charge in [-0.2, -0.15) is 0 Å². The van der Waals surface area contributed by atoms with Gasteiger partial charge in [0.05, 0.1) is 5.69 Å². The average molecular weight is 318 g/mol. The number of anilines is 1. The number of amides is 2. The van der Waals surface area contributed by atoms with Gasteiger partial charge >= 0.3 is 6.03 Å². The van der Waals surface area contributed by atoms with E-state index in [0.717, 1.165) is 25.7 Å². The van der Waals surface area contributed by atoms with Gasteiger partial charge in [-0.15, -0.1) is 0 Å². The smallest absolute Gasteiger partial charge is 0.319 e. The number of carbonyl (C=O) groups excluding carboxylic acids is 1. The molecule has 3 rings (SSSR count). The summed E-state index contributed by atoms with van der Waals surface area (Å²) in [7, 11) is 0. The average Bonchev–Trinajstić information content (AvgIpc) is 2.59. The van der Waals surface area contributed by atoms with Crippen LogP contribution in [0.15, 0.2) is 24.3 Å². The Labute approximate surface area is 138 Å². The van der Waals surface area contributed by atoms with Crippen LogP contribution in [-0.2, 0) is 0 Å². The molecule has 1 aromatic carbocycles.